The third-order valence-electron chi connectivity index (χ3n) is 2.93. The molecule has 0 atom stereocenters. The summed E-state index contributed by atoms with van der Waals surface area (Å²) in [6.07, 6.45) is 0. The first kappa shape index (κ1) is 21.9. The molecule has 0 aliphatic rings. The maximum Gasteiger partial charge on any atom is 0.414 e. The zero-order valence-electron chi connectivity index (χ0n) is 15.3. The van der Waals surface area contributed by atoms with Crippen LogP contribution in [0.1, 0.15) is 47.1 Å². The summed E-state index contributed by atoms with van der Waals surface area (Å²) in [6, 6.07) is 8.40. The van der Waals surface area contributed by atoms with Gasteiger partial charge < -0.3 is 20.3 Å². The van der Waals surface area contributed by atoms with Crippen LogP contribution in [-0.4, -0.2) is 40.8 Å². The molecule has 0 saturated heterocycles. The monoisotopic (exact) mass is 339 g/mol. The van der Waals surface area contributed by atoms with E-state index in [0.29, 0.717) is 6.61 Å². The Morgan fingerprint density at radius 2 is 1.42 bits per heavy atom. The van der Waals surface area contributed by atoms with Crippen LogP contribution in [0.3, 0.4) is 0 Å². The van der Waals surface area contributed by atoms with Crippen LogP contribution >= 0.6 is 0 Å². The first-order chi connectivity index (χ1) is 10.8. The van der Waals surface area contributed by atoms with E-state index in [2.05, 4.69) is 71.1 Å². The molecule has 0 aromatic heterocycles. The van der Waals surface area contributed by atoms with E-state index in [1.165, 1.54) is 5.56 Å². The van der Waals surface area contributed by atoms with Gasteiger partial charge in [-0.3, -0.25) is 0 Å². The van der Waals surface area contributed by atoms with E-state index in [1.54, 1.807) is 0 Å². The number of carbonyl (C=O) groups is 2. The van der Waals surface area contributed by atoms with E-state index in [1.807, 2.05) is 0 Å². The van der Waals surface area contributed by atoms with Crippen molar-refractivity contribution in [1.82, 2.24) is 5.32 Å². The molecule has 0 saturated carbocycles. The SMILES string of the molecule is CC(C)(C)NCCOc1ccc(C(C)(C)C)cc1.O=C(O)C(=O)O. The van der Waals surface area contributed by atoms with Crippen LogP contribution in [0.4, 0.5) is 0 Å². The Balaban J connectivity index is 0.000000754. The fraction of sp³-hybridized carbons (Fsp3) is 0.556. The number of hydrogen-bond donors (Lipinski definition) is 3. The molecule has 0 heterocycles. The van der Waals surface area contributed by atoms with Crippen molar-refractivity contribution in [2.24, 2.45) is 0 Å². The van der Waals surface area contributed by atoms with Crippen molar-refractivity contribution in [2.75, 3.05) is 13.2 Å². The number of benzene rings is 1. The van der Waals surface area contributed by atoms with Gasteiger partial charge in [0.05, 0.1) is 0 Å². The number of hydrogen-bond acceptors (Lipinski definition) is 4. The Labute approximate surface area is 143 Å². The highest BCUT2D eigenvalue weighted by atomic mass is 16.5. The summed E-state index contributed by atoms with van der Waals surface area (Å²) in [4.78, 5) is 18.2. The van der Waals surface area contributed by atoms with Gasteiger partial charge in [0.2, 0.25) is 0 Å². The van der Waals surface area contributed by atoms with Crippen LogP contribution in [0.25, 0.3) is 0 Å². The molecule has 0 aliphatic heterocycles. The first-order valence-electron chi connectivity index (χ1n) is 7.77. The lowest BCUT2D eigenvalue weighted by molar-refractivity contribution is -0.159. The number of rotatable bonds is 4. The van der Waals surface area contributed by atoms with Gasteiger partial charge in [0.15, 0.2) is 0 Å². The van der Waals surface area contributed by atoms with Gasteiger partial charge in [0, 0.05) is 12.1 Å². The number of aliphatic carboxylic acids is 2. The van der Waals surface area contributed by atoms with Crippen molar-refractivity contribution in [3.8, 4) is 5.75 Å². The standard InChI is InChI=1S/C16H27NO.C2H2O4/c1-15(2,3)13-7-9-14(10-8-13)18-12-11-17-16(4,5)6;3-1(4)2(5)6/h7-10,17H,11-12H2,1-6H3;(H,3,4)(H,5,6). The molecule has 0 unspecified atom stereocenters. The largest absolute Gasteiger partial charge is 0.492 e. The Hall–Kier alpha value is -2.08. The van der Waals surface area contributed by atoms with E-state index in [4.69, 9.17) is 24.5 Å². The van der Waals surface area contributed by atoms with Crippen LogP contribution in [-0.2, 0) is 15.0 Å². The molecule has 24 heavy (non-hydrogen) atoms. The fourth-order valence-corrected chi connectivity index (χ4v) is 1.65. The van der Waals surface area contributed by atoms with Crippen molar-refractivity contribution in [2.45, 2.75) is 52.5 Å². The van der Waals surface area contributed by atoms with E-state index >= 15 is 0 Å². The summed E-state index contributed by atoms with van der Waals surface area (Å²) < 4.78 is 5.71. The van der Waals surface area contributed by atoms with Crippen LogP contribution in [0.5, 0.6) is 5.75 Å². The normalized spacial score (nSPS) is 11.2. The van der Waals surface area contributed by atoms with Crippen molar-refractivity contribution >= 4 is 11.9 Å². The van der Waals surface area contributed by atoms with Crippen LogP contribution in [0, 0.1) is 0 Å². The van der Waals surface area contributed by atoms with Gasteiger partial charge in [-0.25, -0.2) is 9.59 Å². The van der Waals surface area contributed by atoms with Crippen LogP contribution in [0.15, 0.2) is 24.3 Å². The predicted molar refractivity (Wildman–Crippen MR) is 93.7 cm³/mol. The molecule has 1 rings (SSSR count). The van der Waals surface area contributed by atoms with Crippen LogP contribution in [0.2, 0.25) is 0 Å². The van der Waals surface area contributed by atoms with Crippen molar-refractivity contribution in [1.29, 1.82) is 0 Å². The quantitative estimate of drug-likeness (QED) is 0.576. The zero-order chi connectivity index (χ0) is 19.0. The highest BCUT2D eigenvalue weighted by Gasteiger charge is 2.13. The smallest absolute Gasteiger partial charge is 0.414 e. The number of nitrogens with one attached hydrogen (secondary N) is 1. The third kappa shape index (κ3) is 10.6. The maximum atomic E-state index is 9.10. The molecule has 0 radical (unpaired) electrons. The lowest BCUT2D eigenvalue weighted by Gasteiger charge is -2.21. The molecule has 3 N–H and O–H groups in total. The molecule has 1 aromatic rings. The van der Waals surface area contributed by atoms with Gasteiger partial charge in [-0.05, 0) is 43.9 Å². The van der Waals surface area contributed by atoms with Crippen molar-refractivity contribution in [3.63, 3.8) is 0 Å². The average Bonchev–Trinajstić information content (AvgIpc) is 2.43. The maximum absolute atomic E-state index is 9.10. The second-order valence-electron chi connectivity index (χ2n) is 7.41. The molecular formula is C18H29NO5. The van der Waals surface area contributed by atoms with Gasteiger partial charge in [0.25, 0.3) is 0 Å². The minimum atomic E-state index is -1.82. The number of ether oxygens (including phenoxy) is 1. The van der Waals surface area contributed by atoms with Crippen LogP contribution < -0.4 is 10.1 Å². The topological polar surface area (TPSA) is 95.9 Å². The van der Waals surface area contributed by atoms with Gasteiger partial charge in [-0.1, -0.05) is 32.9 Å². The third-order valence-corrected chi connectivity index (χ3v) is 2.93. The molecule has 1 aromatic carbocycles. The van der Waals surface area contributed by atoms with E-state index in [-0.39, 0.29) is 11.0 Å². The molecule has 6 nitrogen and oxygen atoms in total. The predicted octanol–water partition coefficient (Wildman–Crippen LogP) is 2.91. The second-order valence-corrected chi connectivity index (χ2v) is 7.41. The minimum Gasteiger partial charge on any atom is -0.492 e. The molecule has 136 valence electrons. The summed E-state index contributed by atoms with van der Waals surface area (Å²) in [5.41, 5.74) is 1.69. The summed E-state index contributed by atoms with van der Waals surface area (Å²) >= 11 is 0. The highest BCUT2D eigenvalue weighted by molar-refractivity contribution is 6.27. The van der Waals surface area contributed by atoms with Gasteiger partial charge in [-0.15, -0.1) is 0 Å². The number of carboxylic acid groups (broad SMARTS) is 2. The Morgan fingerprint density at radius 3 is 1.75 bits per heavy atom. The number of carboxylic acids is 2. The summed E-state index contributed by atoms with van der Waals surface area (Å²) in [5.74, 6) is -2.70. The van der Waals surface area contributed by atoms with E-state index < -0.39 is 11.9 Å². The van der Waals surface area contributed by atoms with Gasteiger partial charge >= 0.3 is 11.9 Å². The average molecular weight is 339 g/mol. The summed E-state index contributed by atoms with van der Waals surface area (Å²) in [7, 11) is 0. The summed E-state index contributed by atoms with van der Waals surface area (Å²) in [5, 5.41) is 18.2. The lowest BCUT2D eigenvalue weighted by Crippen LogP contribution is -2.38. The van der Waals surface area contributed by atoms with Crippen molar-refractivity contribution < 1.29 is 24.5 Å². The minimum absolute atomic E-state index is 0.152. The molecule has 0 amide bonds. The molecule has 6 heteroatoms. The molecule has 0 spiro atoms. The van der Waals surface area contributed by atoms with Gasteiger partial charge in [0.1, 0.15) is 12.4 Å². The summed E-state index contributed by atoms with van der Waals surface area (Å²) in [6.45, 7) is 14.7. The molecular weight excluding hydrogens is 310 g/mol. The Bertz CT molecular complexity index is 512. The molecule has 0 fully saturated rings. The zero-order valence-corrected chi connectivity index (χ0v) is 15.3. The fourth-order valence-electron chi connectivity index (χ4n) is 1.65. The highest BCUT2D eigenvalue weighted by Crippen LogP contribution is 2.24. The lowest BCUT2D eigenvalue weighted by atomic mass is 9.87. The molecule has 0 aliphatic carbocycles. The second kappa shape index (κ2) is 9.27. The Morgan fingerprint density at radius 1 is 0.958 bits per heavy atom. The first-order valence-corrected chi connectivity index (χ1v) is 7.77. The van der Waals surface area contributed by atoms with E-state index in [9.17, 15) is 0 Å². The molecule has 0 bridgehead atoms. The Kier molecular flexibility index (Phi) is 8.47. The van der Waals surface area contributed by atoms with E-state index in [0.717, 1.165) is 12.3 Å². The van der Waals surface area contributed by atoms with Gasteiger partial charge in [-0.2, -0.15) is 0 Å². The van der Waals surface area contributed by atoms with Crippen molar-refractivity contribution in [3.05, 3.63) is 29.8 Å².